The molecule has 0 aromatic carbocycles. The molecule has 18 heavy (non-hydrogen) atoms. The van der Waals surface area contributed by atoms with Crippen LogP contribution in [0.2, 0.25) is 0 Å². The van der Waals surface area contributed by atoms with Gasteiger partial charge >= 0.3 is 0 Å². The van der Waals surface area contributed by atoms with E-state index < -0.39 is 0 Å². The third kappa shape index (κ3) is 3.54. The Kier molecular flexibility index (Phi) is 4.33. The Morgan fingerprint density at radius 1 is 1.61 bits per heavy atom. The maximum absolute atomic E-state index is 11.2. The Bertz CT molecular complexity index is 397. The van der Waals surface area contributed by atoms with Gasteiger partial charge in [0.2, 0.25) is 5.91 Å². The van der Waals surface area contributed by atoms with E-state index in [1.165, 1.54) is 0 Å². The molecule has 2 heterocycles. The van der Waals surface area contributed by atoms with Crippen molar-refractivity contribution in [2.24, 2.45) is 12.8 Å². The molecule has 3 N–H and O–H groups in total. The molecule has 0 bridgehead atoms. The lowest BCUT2D eigenvalue weighted by Gasteiger charge is -2.33. The third-order valence-corrected chi connectivity index (χ3v) is 3.33. The zero-order chi connectivity index (χ0) is 13.0. The highest BCUT2D eigenvalue weighted by Crippen LogP contribution is 2.14. The summed E-state index contributed by atoms with van der Waals surface area (Å²) >= 11 is 0. The maximum atomic E-state index is 11.2. The number of hydrogen-bond donors (Lipinski definition) is 2. The predicted molar refractivity (Wildman–Crippen MR) is 68.7 cm³/mol. The van der Waals surface area contributed by atoms with Crippen LogP contribution in [-0.4, -0.2) is 46.3 Å². The van der Waals surface area contributed by atoms with E-state index in [-0.39, 0.29) is 5.91 Å². The summed E-state index contributed by atoms with van der Waals surface area (Å²) in [4.78, 5) is 13.4. The minimum absolute atomic E-state index is 0.266. The van der Waals surface area contributed by atoms with E-state index in [2.05, 4.69) is 15.3 Å². The second-order valence-corrected chi connectivity index (χ2v) is 4.87. The monoisotopic (exact) mass is 251 g/mol. The molecule has 1 aliphatic heterocycles. The van der Waals surface area contributed by atoms with E-state index in [9.17, 15) is 4.79 Å². The first-order valence-corrected chi connectivity index (χ1v) is 6.36. The van der Waals surface area contributed by atoms with Crippen LogP contribution < -0.4 is 11.1 Å². The van der Waals surface area contributed by atoms with E-state index in [1.54, 1.807) is 4.68 Å². The van der Waals surface area contributed by atoms with Gasteiger partial charge in [-0.3, -0.25) is 14.4 Å². The number of nitrogens with one attached hydrogen (secondary N) is 1. The fourth-order valence-corrected chi connectivity index (χ4v) is 2.47. The van der Waals surface area contributed by atoms with Crippen molar-refractivity contribution in [3.63, 3.8) is 0 Å². The van der Waals surface area contributed by atoms with Gasteiger partial charge < -0.3 is 11.1 Å². The molecule has 0 saturated carbocycles. The van der Waals surface area contributed by atoms with Crippen LogP contribution >= 0.6 is 0 Å². The molecule has 1 saturated heterocycles. The summed E-state index contributed by atoms with van der Waals surface area (Å²) in [5.74, 6) is -0.266. The van der Waals surface area contributed by atoms with Crippen LogP contribution in [0.5, 0.6) is 0 Å². The predicted octanol–water partition coefficient (Wildman–Crippen LogP) is -0.541. The van der Waals surface area contributed by atoms with E-state index in [0.717, 1.165) is 38.0 Å². The van der Waals surface area contributed by atoms with Crippen molar-refractivity contribution in [1.29, 1.82) is 0 Å². The fraction of sp³-hybridized carbons (Fsp3) is 0.667. The molecule has 0 aliphatic carbocycles. The molecular formula is C12H21N5O. The van der Waals surface area contributed by atoms with Crippen LogP contribution in [0.4, 0.5) is 0 Å². The summed E-state index contributed by atoms with van der Waals surface area (Å²) < 4.78 is 1.78. The van der Waals surface area contributed by atoms with Gasteiger partial charge in [0, 0.05) is 31.4 Å². The number of rotatable bonds is 5. The summed E-state index contributed by atoms with van der Waals surface area (Å²) in [5.41, 5.74) is 6.46. The molecule has 2 rings (SSSR count). The van der Waals surface area contributed by atoms with Crippen LogP contribution in [0, 0.1) is 0 Å². The fourth-order valence-electron chi connectivity index (χ4n) is 2.47. The summed E-state index contributed by atoms with van der Waals surface area (Å²) in [6.07, 6.45) is 5.95. The van der Waals surface area contributed by atoms with Gasteiger partial charge in [0.1, 0.15) is 0 Å². The number of hydrogen-bond acceptors (Lipinski definition) is 4. The van der Waals surface area contributed by atoms with Crippen molar-refractivity contribution < 1.29 is 4.79 Å². The Hall–Kier alpha value is -1.40. The molecule has 1 aromatic rings. The SMILES string of the molecule is Cn1cc(CN(CC(N)=O)C2CCNCC2)cn1. The van der Waals surface area contributed by atoms with Crippen LogP contribution in [0.25, 0.3) is 0 Å². The van der Waals surface area contributed by atoms with Gasteiger partial charge in [-0.1, -0.05) is 0 Å². The van der Waals surface area contributed by atoms with Crippen molar-refractivity contribution in [2.45, 2.75) is 25.4 Å². The number of aromatic nitrogens is 2. The summed E-state index contributed by atoms with van der Waals surface area (Å²) in [7, 11) is 1.90. The molecule has 1 amide bonds. The van der Waals surface area contributed by atoms with Gasteiger partial charge in [-0.15, -0.1) is 0 Å². The number of primary amides is 1. The summed E-state index contributed by atoms with van der Waals surface area (Å²) in [6, 6.07) is 0.430. The van der Waals surface area contributed by atoms with E-state index in [4.69, 9.17) is 5.73 Å². The van der Waals surface area contributed by atoms with Crippen molar-refractivity contribution in [2.75, 3.05) is 19.6 Å². The Morgan fingerprint density at radius 2 is 2.33 bits per heavy atom. The molecule has 6 heteroatoms. The Balaban J connectivity index is 2.01. The lowest BCUT2D eigenvalue weighted by Crippen LogP contribution is -2.46. The quantitative estimate of drug-likeness (QED) is 0.737. The van der Waals surface area contributed by atoms with Gasteiger partial charge in [-0.25, -0.2) is 0 Å². The minimum atomic E-state index is -0.266. The third-order valence-electron chi connectivity index (χ3n) is 3.33. The maximum Gasteiger partial charge on any atom is 0.231 e. The van der Waals surface area contributed by atoms with E-state index in [0.29, 0.717) is 12.6 Å². The van der Waals surface area contributed by atoms with Crippen molar-refractivity contribution in [3.8, 4) is 0 Å². The molecule has 1 aliphatic rings. The van der Waals surface area contributed by atoms with Crippen LogP contribution in [0.1, 0.15) is 18.4 Å². The lowest BCUT2D eigenvalue weighted by molar-refractivity contribution is -0.120. The van der Waals surface area contributed by atoms with Crippen LogP contribution in [0.3, 0.4) is 0 Å². The topological polar surface area (TPSA) is 76.2 Å². The van der Waals surface area contributed by atoms with Gasteiger partial charge in [-0.05, 0) is 25.9 Å². The van der Waals surface area contributed by atoms with Gasteiger partial charge in [0.15, 0.2) is 0 Å². The molecule has 6 nitrogen and oxygen atoms in total. The summed E-state index contributed by atoms with van der Waals surface area (Å²) in [6.45, 7) is 3.07. The van der Waals surface area contributed by atoms with E-state index in [1.807, 2.05) is 19.4 Å². The highest BCUT2D eigenvalue weighted by molar-refractivity contribution is 5.75. The van der Waals surface area contributed by atoms with Gasteiger partial charge in [0.05, 0.1) is 12.7 Å². The van der Waals surface area contributed by atoms with Crippen molar-refractivity contribution in [1.82, 2.24) is 20.0 Å². The minimum Gasteiger partial charge on any atom is -0.369 e. The zero-order valence-corrected chi connectivity index (χ0v) is 10.8. The second kappa shape index (κ2) is 5.97. The molecule has 1 fully saturated rings. The summed E-state index contributed by atoms with van der Waals surface area (Å²) in [5, 5.41) is 7.49. The normalized spacial score (nSPS) is 17.2. The van der Waals surface area contributed by atoms with Gasteiger partial charge in [-0.2, -0.15) is 5.10 Å². The van der Waals surface area contributed by atoms with Crippen LogP contribution in [-0.2, 0) is 18.4 Å². The Morgan fingerprint density at radius 3 is 2.89 bits per heavy atom. The zero-order valence-electron chi connectivity index (χ0n) is 10.8. The largest absolute Gasteiger partial charge is 0.369 e. The van der Waals surface area contributed by atoms with Crippen molar-refractivity contribution in [3.05, 3.63) is 18.0 Å². The molecule has 0 atom stereocenters. The molecule has 1 aromatic heterocycles. The van der Waals surface area contributed by atoms with Crippen LogP contribution in [0.15, 0.2) is 12.4 Å². The highest BCUT2D eigenvalue weighted by Gasteiger charge is 2.22. The highest BCUT2D eigenvalue weighted by atomic mass is 16.1. The number of amides is 1. The average molecular weight is 251 g/mol. The van der Waals surface area contributed by atoms with E-state index >= 15 is 0 Å². The first kappa shape index (κ1) is 13.0. The molecule has 0 radical (unpaired) electrons. The number of nitrogens with zero attached hydrogens (tertiary/aromatic N) is 3. The first-order chi connectivity index (χ1) is 8.65. The number of aryl methyl sites for hydroxylation is 1. The number of nitrogens with two attached hydrogens (primary N) is 1. The van der Waals surface area contributed by atoms with Gasteiger partial charge in [0.25, 0.3) is 0 Å². The number of piperidine rings is 1. The Labute approximate surface area is 107 Å². The molecule has 0 spiro atoms. The second-order valence-electron chi connectivity index (χ2n) is 4.87. The molecule has 0 unspecified atom stereocenters. The molecule has 100 valence electrons. The lowest BCUT2D eigenvalue weighted by atomic mass is 10.0. The average Bonchev–Trinajstić information content (AvgIpc) is 2.75. The molecular weight excluding hydrogens is 230 g/mol. The standard InChI is InChI=1S/C12H21N5O/c1-16-7-10(6-15-16)8-17(9-12(13)18)11-2-4-14-5-3-11/h6-7,11,14H,2-5,8-9H2,1H3,(H2,13,18). The number of carbonyl (C=O) groups is 1. The smallest absolute Gasteiger partial charge is 0.231 e. The number of carbonyl (C=O) groups excluding carboxylic acids is 1. The first-order valence-electron chi connectivity index (χ1n) is 6.36. The van der Waals surface area contributed by atoms with Crippen molar-refractivity contribution >= 4 is 5.91 Å².